The van der Waals surface area contributed by atoms with Crippen molar-refractivity contribution < 1.29 is 4.79 Å². The first-order valence-electron chi connectivity index (χ1n) is 5.76. The lowest BCUT2D eigenvalue weighted by Gasteiger charge is -1.99. The van der Waals surface area contributed by atoms with Gasteiger partial charge in [-0.15, -0.1) is 11.3 Å². The highest BCUT2D eigenvalue weighted by Gasteiger charge is 2.08. The molecule has 94 valence electrons. The maximum absolute atomic E-state index is 11.4. The number of likely N-dealkylation sites (N-methyl/N-ethyl adjacent to an activating group) is 1. The van der Waals surface area contributed by atoms with Crippen molar-refractivity contribution in [2.75, 3.05) is 12.3 Å². The third-order valence-corrected chi connectivity index (χ3v) is 3.34. The second kappa shape index (κ2) is 5.64. The summed E-state index contributed by atoms with van der Waals surface area (Å²) in [7, 11) is 0. The molecular formula is C13H15N3OS. The normalized spacial score (nSPS) is 10.3. The summed E-state index contributed by atoms with van der Waals surface area (Å²) in [4.78, 5) is 15.9. The summed E-state index contributed by atoms with van der Waals surface area (Å²) in [6, 6.07) is 7.59. The summed E-state index contributed by atoms with van der Waals surface area (Å²) in [6.45, 7) is 2.54. The standard InChI is InChI=1S/C13H15N3OS/c1-2-15-12(17)7-11-8-18-13(16-11)9-4-3-5-10(14)6-9/h3-6,8H,2,7,14H2,1H3,(H,15,17). The van der Waals surface area contributed by atoms with Crippen molar-refractivity contribution >= 4 is 22.9 Å². The maximum Gasteiger partial charge on any atom is 0.226 e. The Morgan fingerprint density at radius 1 is 1.50 bits per heavy atom. The minimum absolute atomic E-state index is 0.00178. The lowest BCUT2D eigenvalue weighted by molar-refractivity contribution is -0.120. The van der Waals surface area contributed by atoms with E-state index in [1.807, 2.05) is 36.6 Å². The average molecular weight is 261 g/mol. The first-order valence-corrected chi connectivity index (χ1v) is 6.64. The van der Waals surface area contributed by atoms with E-state index in [-0.39, 0.29) is 5.91 Å². The molecule has 3 N–H and O–H groups in total. The molecule has 0 aliphatic carbocycles. The molecule has 1 heterocycles. The molecule has 1 amide bonds. The van der Waals surface area contributed by atoms with Crippen LogP contribution in [0.3, 0.4) is 0 Å². The molecule has 0 saturated carbocycles. The number of nitrogen functional groups attached to an aromatic ring is 1. The first-order chi connectivity index (χ1) is 8.69. The van der Waals surface area contributed by atoms with Crippen molar-refractivity contribution in [3.8, 4) is 10.6 Å². The second-order valence-corrected chi connectivity index (χ2v) is 4.76. The minimum atomic E-state index is 0.00178. The van der Waals surface area contributed by atoms with Crippen molar-refractivity contribution in [3.05, 3.63) is 35.3 Å². The molecule has 18 heavy (non-hydrogen) atoms. The number of rotatable bonds is 4. The molecule has 0 aliphatic rings. The van der Waals surface area contributed by atoms with Gasteiger partial charge in [-0.1, -0.05) is 12.1 Å². The molecule has 5 heteroatoms. The number of benzene rings is 1. The molecular weight excluding hydrogens is 246 g/mol. The number of nitrogens with one attached hydrogen (secondary N) is 1. The van der Waals surface area contributed by atoms with Crippen LogP contribution in [0.2, 0.25) is 0 Å². The highest BCUT2D eigenvalue weighted by Crippen LogP contribution is 2.25. The Hall–Kier alpha value is -1.88. The Morgan fingerprint density at radius 2 is 2.33 bits per heavy atom. The van der Waals surface area contributed by atoms with Crippen LogP contribution in [0.4, 0.5) is 5.69 Å². The van der Waals surface area contributed by atoms with Crippen LogP contribution < -0.4 is 11.1 Å². The molecule has 2 rings (SSSR count). The van der Waals surface area contributed by atoms with Crippen molar-refractivity contribution in [2.24, 2.45) is 0 Å². The van der Waals surface area contributed by atoms with Crippen LogP contribution in [0.15, 0.2) is 29.6 Å². The topological polar surface area (TPSA) is 68.0 Å². The van der Waals surface area contributed by atoms with Crippen LogP contribution in [0.1, 0.15) is 12.6 Å². The zero-order valence-electron chi connectivity index (χ0n) is 10.1. The predicted octanol–water partition coefficient (Wildman–Crippen LogP) is 2.07. The van der Waals surface area contributed by atoms with E-state index in [9.17, 15) is 4.79 Å². The lowest BCUT2D eigenvalue weighted by Crippen LogP contribution is -2.24. The van der Waals surface area contributed by atoms with E-state index in [1.165, 1.54) is 11.3 Å². The Morgan fingerprint density at radius 3 is 3.06 bits per heavy atom. The number of nitrogens with zero attached hydrogens (tertiary/aromatic N) is 1. The number of amides is 1. The van der Waals surface area contributed by atoms with Crippen LogP contribution in [0.25, 0.3) is 10.6 Å². The van der Waals surface area contributed by atoms with Crippen molar-refractivity contribution in [2.45, 2.75) is 13.3 Å². The van der Waals surface area contributed by atoms with E-state index in [1.54, 1.807) is 0 Å². The van der Waals surface area contributed by atoms with Gasteiger partial charge in [-0.2, -0.15) is 0 Å². The molecule has 0 radical (unpaired) electrons. The van der Waals surface area contributed by atoms with Gasteiger partial charge in [-0.05, 0) is 19.1 Å². The molecule has 0 bridgehead atoms. The number of carbonyl (C=O) groups excluding carboxylic acids is 1. The number of hydrogen-bond donors (Lipinski definition) is 2. The summed E-state index contributed by atoms with van der Waals surface area (Å²) in [5.74, 6) is 0.00178. The van der Waals surface area contributed by atoms with Crippen LogP contribution >= 0.6 is 11.3 Å². The van der Waals surface area contributed by atoms with Gasteiger partial charge in [0.1, 0.15) is 5.01 Å². The van der Waals surface area contributed by atoms with Crippen molar-refractivity contribution in [1.82, 2.24) is 10.3 Å². The van der Waals surface area contributed by atoms with E-state index in [2.05, 4.69) is 10.3 Å². The van der Waals surface area contributed by atoms with E-state index < -0.39 is 0 Å². The third kappa shape index (κ3) is 3.07. The Balaban J connectivity index is 2.13. The molecule has 0 saturated heterocycles. The van der Waals surface area contributed by atoms with Gasteiger partial charge in [0.05, 0.1) is 12.1 Å². The maximum atomic E-state index is 11.4. The molecule has 0 spiro atoms. The highest BCUT2D eigenvalue weighted by atomic mass is 32.1. The fourth-order valence-electron chi connectivity index (χ4n) is 1.62. The van der Waals surface area contributed by atoms with Gasteiger partial charge in [0.25, 0.3) is 0 Å². The summed E-state index contributed by atoms with van der Waals surface area (Å²) >= 11 is 1.52. The van der Waals surface area contributed by atoms with Gasteiger partial charge >= 0.3 is 0 Å². The third-order valence-electron chi connectivity index (χ3n) is 2.40. The van der Waals surface area contributed by atoms with Gasteiger partial charge in [0.2, 0.25) is 5.91 Å². The number of nitrogens with two attached hydrogens (primary N) is 1. The van der Waals surface area contributed by atoms with Crippen molar-refractivity contribution in [3.63, 3.8) is 0 Å². The van der Waals surface area contributed by atoms with Crippen LogP contribution in [-0.2, 0) is 11.2 Å². The van der Waals surface area contributed by atoms with Crippen LogP contribution in [-0.4, -0.2) is 17.4 Å². The smallest absolute Gasteiger partial charge is 0.226 e. The number of hydrogen-bond acceptors (Lipinski definition) is 4. The predicted molar refractivity (Wildman–Crippen MR) is 74.4 cm³/mol. The zero-order chi connectivity index (χ0) is 13.0. The SMILES string of the molecule is CCNC(=O)Cc1csc(-c2cccc(N)c2)n1. The zero-order valence-corrected chi connectivity index (χ0v) is 11.0. The summed E-state index contributed by atoms with van der Waals surface area (Å²) in [5.41, 5.74) is 8.23. The number of thiazole rings is 1. The fraction of sp³-hybridized carbons (Fsp3) is 0.231. The summed E-state index contributed by atoms with van der Waals surface area (Å²) < 4.78 is 0. The molecule has 0 fully saturated rings. The molecule has 0 unspecified atom stereocenters. The molecule has 0 aliphatic heterocycles. The molecule has 2 aromatic rings. The van der Waals surface area contributed by atoms with Gasteiger partial charge < -0.3 is 11.1 Å². The Labute approximate surface area is 110 Å². The monoisotopic (exact) mass is 261 g/mol. The number of aromatic nitrogens is 1. The van der Waals surface area contributed by atoms with E-state index in [4.69, 9.17) is 5.73 Å². The van der Waals surface area contributed by atoms with Crippen LogP contribution in [0.5, 0.6) is 0 Å². The number of carbonyl (C=O) groups is 1. The van der Waals surface area contributed by atoms with Gasteiger partial charge in [-0.25, -0.2) is 4.98 Å². The minimum Gasteiger partial charge on any atom is -0.399 e. The van der Waals surface area contributed by atoms with Gasteiger partial charge in [0, 0.05) is 23.2 Å². The molecule has 1 aromatic carbocycles. The average Bonchev–Trinajstić information content (AvgIpc) is 2.78. The second-order valence-electron chi connectivity index (χ2n) is 3.90. The quantitative estimate of drug-likeness (QED) is 0.828. The van der Waals surface area contributed by atoms with E-state index in [0.29, 0.717) is 18.7 Å². The van der Waals surface area contributed by atoms with Crippen LogP contribution in [0, 0.1) is 0 Å². The largest absolute Gasteiger partial charge is 0.399 e. The highest BCUT2D eigenvalue weighted by molar-refractivity contribution is 7.13. The Kier molecular flexibility index (Phi) is 3.94. The van der Waals surface area contributed by atoms with Gasteiger partial charge in [-0.3, -0.25) is 4.79 Å². The Bertz CT molecular complexity index is 551. The summed E-state index contributed by atoms with van der Waals surface area (Å²) in [6.07, 6.45) is 0.326. The van der Waals surface area contributed by atoms with Crippen molar-refractivity contribution in [1.29, 1.82) is 0 Å². The summed E-state index contributed by atoms with van der Waals surface area (Å²) in [5, 5.41) is 5.56. The molecule has 0 atom stereocenters. The van der Waals surface area contributed by atoms with Gasteiger partial charge in [0.15, 0.2) is 0 Å². The fourth-order valence-corrected chi connectivity index (χ4v) is 2.43. The van der Waals surface area contributed by atoms with E-state index in [0.717, 1.165) is 16.3 Å². The molecule has 4 nitrogen and oxygen atoms in total. The molecule has 1 aromatic heterocycles. The lowest BCUT2D eigenvalue weighted by atomic mass is 10.2. The first kappa shape index (κ1) is 12.6. The number of anilines is 1. The van der Waals surface area contributed by atoms with E-state index >= 15 is 0 Å².